The summed E-state index contributed by atoms with van der Waals surface area (Å²) >= 11 is 0. The Balaban J connectivity index is 2.10. The molecule has 7 nitrogen and oxygen atoms in total. The molecule has 2 aromatic heterocycles. The summed E-state index contributed by atoms with van der Waals surface area (Å²) in [4.78, 5) is 11.6. The second kappa shape index (κ2) is 5.10. The van der Waals surface area contributed by atoms with Crippen LogP contribution in [-0.4, -0.2) is 20.2 Å². The van der Waals surface area contributed by atoms with E-state index in [4.69, 9.17) is 11.5 Å². The van der Waals surface area contributed by atoms with Crippen molar-refractivity contribution < 1.29 is 5.21 Å². The number of nitrogen functional groups attached to an aromatic ring is 2. The number of fused-ring (bicyclic) bond motifs is 3. The molecule has 7 heteroatoms. The van der Waals surface area contributed by atoms with E-state index in [0.29, 0.717) is 11.5 Å². The molecule has 0 saturated heterocycles. The van der Waals surface area contributed by atoms with Crippen molar-refractivity contribution >= 4 is 39.3 Å². The highest BCUT2D eigenvalue weighted by Crippen LogP contribution is 2.36. The molecule has 24 heavy (non-hydrogen) atoms. The zero-order valence-electron chi connectivity index (χ0n) is 13.0. The molecule has 0 aliphatic rings. The van der Waals surface area contributed by atoms with Gasteiger partial charge >= 0.3 is 0 Å². The van der Waals surface area contributed by atoms with Crippen LogP contribution in [0.3, 0.4) is 0 Å². The quantitative estimate of drug-likeness (QED) is 0.361. The first kappa shape index (κ1) is 14.3. The molecule has 2 aromatic carbocycles. The smallest absolute Gasteiger partial charge is 0.199 e. The van der Waals surface area contributed by atoms with E-state index >= 15 is 0 Å². The molecule has 0 atom stereocenters. The SMILES string of the molecule is Cc1ccc(-c2cc3[nH]c(N)nc(N)c3c3ccnc23)cc1NO. The molecule has 0 unspecified atom stereocenters. The Kier molecular flexibility index (Phi) is 3.04. The summed E-state index contributed by atoms with van der Waals surface area (Å²) in [5, 5.41) is 11.0. The maximum absolute atomic E-state index is 9.29. The van der Waals surface area contributed by atoms with Crippen molar-refractivity contribution in [2.75, 3.05) is 16.9 Å². The standard InChI is InChI=1S/C17H16N6O/c1-8-2-3-9(6-12(8)23-24)11-7-13-14(10-4-5-20-15(10)11)16(18)22-17(19)21-13/h2-7,23-24H,18H2,1H3,(H3,19,21,22). The van der Waals surface area contributed by atoms with Gasteiger partial charge in [-0.3, -0.25) is 15.7 Å². The fourth-order valence-electron chi connectivity index (χ4n) is 3.04. The van der Waals surface area contributed by atoms with Crippen LogP contribution in [0.15, 0.2) is 36.5 Å². The van der Waals surface area contributed by atoms with Gasteiger partial charge in [-0.2, -0.15) is 4.98 Å². The van der Waals surface area contributed by atoms with Gasteiger partial charge in [0.15, 0.2) is 5.95 Å². The Hall–Kier alpha value is -3.32. The fraction of sp³-hybridized carbons (Fsp3) is 0.0588. The van der Waals surface area contributed by atoms with Gasteiger partial charge in [0.1, 0.15) is 5.82 Å². The number of nitrogens with one attached hydrogen (secondary N) is 2. The number of anilines is 3. The summed E-state index contributed by atoms with van der Waals surface area (Å²) in [6.07, 6.45) is 1.74. The Morgan fingerprint density at radius 1 is 1.17 bits per heavy atom. The van der Waals surface area contributed by atoms with E-state index in [-0.39, 0.29) is 5.95 Å². The molecular weight excluding hydrogens is 304 g/mol. The Morgan fingerprint density at radius 3 is 2.79 bits per heavy atom. The van der Waals surface area contributed by atoms with E-state index < -0.39 is 0 Å². The third-order valence-electron chi connectivity index (χ3n) is 4.21. The van der Waals surface area contributed by atoms with Gasteiger partial charge in [0.25, 0.3) is 0 Å². The van der Waals surface area contributed by atoms with E-state index in [0.717, 1.165) is 38.5 Å². The van der Waals surface area contributed by atoms with E-state index in [1.807, 2.05) is 37.3 Å². The molecule has 0 bridgehead atoms. The fourth-order valence-corrected chi connectivity index (χ4v) is 3.04. The van der Waals surface area contributed by atoms with E-state index in [1.165, 1.54) is 0 Å². The first-order chi connectivity index (χ1) is 11.6. The number of H-pyrrole nitrogens is 1. The molecule has 2 heterocycles. The Labute approximate surface area is 137 Å². The number of aryl methyl sites for hydroxylation is 1. The van der Waals surface area contributed by atoms with Crippen LogP contribution >= 0.6 is 0 Å². The molecule has 0 spiro atoms. The number of nitrogens with zero attached hydrogens (tertiary/aromatic N) is 2. The zero-order chi connectivity index (χ0) is 16.8. The maximum Gasteiger partial charge on any atom is 0.199 e. The molecule has 7 N–H and O–H groups in total. The molecule has 4 aromatic rings. The van der Waals surface area contributed by atoms with Crippen LogP contribution < -0.4 is 16.9 Å². The van der Waals surface area contributed by atoms with Crippen molar-refractivity contribution in [1.29, 1.82) is 0 Å². The van der Waals surface area contributed by atoms with Gasteiger partial charge < -0.3 is 16.5 Å². The molecule has 0 aliphatic carbocycles. The average Bonchev–Trinajstić information content (AvgIpc) is 3.03. The number of aromatic nitrogens is 3. The van der Waals surface area contributed by atoms with Crippen molar-refractivity contribution in [3.8, 4) is 11.1 Å². The first-order valence-corrected chi connectivity index (χ1v) is 7.42. The van der Waals surface area contributed by atoms with Gasteiger partial charge in [-0.15, -0.1) is 0 Å². The summed E-state index contributed by atoms with van der Waals surface area (Å²) in [5.74, 6) is 0.624. The van der Waals surface area contributed by atoms with Crippen molar-refractivity contribution in [3.63, 3.8) is 0 Å². The van der Waals surface area contributed by atoms with E-state index in [1.54, 1.807) is 6.20 Å². The van der Waals surface area contributed by atoms with Crippen molar-refractivity contribution in [2.45, 2.75) is 6.92 Å². The molecule has 0 saturated carbocycles. The minimum Gasteiger partial charge on any atom is -0.383 e. The number of hydrogen-bond acceptors (Lipinski definition) is 6. The molecule has 0 aliphatic heterocycles. The Morgan fingerprint density at radius 2 is 2.00 bits per heavy atom. The predicted molar refractivity (Wildman–Crippen MR) is 95.8 cm³/mol. The maximum atomic E-state index is 9.29. The molecule has 4 rings (SSSR count). The van der Waals surface area contributed by atoms with Gasteiger partial charge in [0.2, 0.25) is 0 Å². The lowest BCUT2D eigenvalue weighted by atomic mass is 9.98. The highest BCUT2D eigenvalue weighted by atomic mass is 16.5. The van der Waals surface area contributed by atoms with E-state index in [9.17, 15) is 5.21 Å². The van der Waals surface area contributed by atoms with Crippen LogP contribution in [0.25, 0.3) is 32.9 Å². The topological polar surface area (TPSA) is 126 Å². The molecule has 0 fully saturated rings. The largest absolute Gasteiger partial charge is 0.383 e. The summed E-state index contributed by atoms with van der Waals surface area (Å²) in [7, 11) is 0. The summed E-state index contributed by atoms with van der Waals surface area (Å²) in [6, 6.07) is 9.65. The number of nitrogens with two attached hydrogens (primary N) is 2. The summed E-state index contributed by atoms with van der Waals surface area (Å²) < 4.78 is 0. The van der Waals surface area contributed by atoms with Crippen LogP contribution in [0.1, 0.15) is 5.56 Å². The van der Waals surface area contributed by atoms with E-state index in [2.05, 4.69) is 20.4 Å². The van der Waals surface area contributed by atoms with Crippen molar-refractivity contribution in [2.24, 2.45) is 0 Å². The van der Waals surface area contributed by atoms with Gasteiger partial charge in [-0.05, 0) is 36.2 Å². The molecule has 0 radical (unpaired) electrons. The molecular formula is C17H16N6O. The predicted octanol–water partition coefficient (Wildman–Crippen LogP) is 3.05. The summed E-state index contributed by atoms with van der Waals surface area (Å²) in [6.45, 7) is 1.92. The van der Waals surface area contributed by atoms with Gasteiger partial charge in [0, 0.05) is 22.5 Å². The highest BCUT2D eigenvalue weighted by Gasteiger charge is 2.14. The number of rotatable bonds is 2. The second-order valence-corrected chi connectivity index (χ2v) is 5.70. The minimum absolute atomic E-state index is 0.256. The zero-order valence-corrected chi connectivity index (χ0v) is 13.0. The van der Waals surface area contributed by atoms with Gasteiger partial charge in [0.05, 0.1) is 16.7 Å². The minimum atomic E-state index is 0.256. The normalized spacial score (nSPS) is 11.2. The third kappa shape index (κ3) is 2.03. The van der Waals surface area contributed by atoms with Gasteiger partial charge in [-0.1, -0.05) is 12.1 Å². The first-order valence-electron chi connectivity index (χ1n) is 7.42. The van der Waals surface area contributed by atoms with Crippen molar-refractivity contribution in [3.05, 3.63) is 42.1 Å². The van der Waals surface area contributed by atoms with Gasteiger partial charge in [-0.25, -0.2) is 0 Å². The van der Waals surface area contributed by atoms with Crippen LogP contribution in [-0.2, 0) is 0 Å². The second-order valence-electron chi connectivity index (χ2n) is 5.70. The monoisotopic (exact) mass is 320 g/mol. The summed E-state index contributed by atoms with van der Waals surface area (Å²) in [5.41, 5.74) is 19.1. The number of aromatic amines is 1. The van der Waals surface area contributed by atoms with Crippen LogP contribution in [0.2, 0.25) is 0 Å². The third-order valence-corrected chi connectivity index (χ3v) is 4.21. The van der Waals surface area contributed by atoms with Crippen LogP contribution in [0, 0.1) is 6.92 Å². The number of benzene rings is 2. The number of hydrogen-bond donors (Lipinski definition) is 5. The highest BCUT2D eigenvalue weighted by molar-refractivity contribution is 6.15. The molecule has 0 amide bonds. The Bertz CT molecular complexity index is 1090. The lowest BCUT2D eigenvalue weighted by Crippen LogP contribution is -2.01. The average molecular weight is 320 g/mol. The lowest BCUT2D eigenvalue weighted by Gasteiger charge is -2.11. The van der Waals surface area contributed by atoms with Crippen LogP contribution in [0.4, 0.5) is 17.5 Å². The lowest BCUT2D eigenvalue weighted by molar-refractivity contribution is 0.388. The van der Waals surface area contributed by atoms with Crippen LogP contribution in [0.5, 0.6) is 0 Å². The molecule has 120 valence electrons. The van der Waals surface area contributed by atoms with Crippen molar-refractivity contribution in [1.82, 2.24) is 15.0 Å².